The molecule has 0 aliphatic heterocycles. The molecule has 9 heteroatoms. The summed E-state index contributed by atoms with van der Waals surface area (Å²) in [7, 11) is 0. The van der Waals surface area contributed by atoms with Crippen LogP contribution in [-0.4, -0.2) is 17.4 Å². The van der Waals surface area contributed by atoms with Gasteiger partial charge in [-0.25, -0.2) is 0 Å². The smallest absolute Gasteiger partial charge is 0.346 e. The molecule has 128 valence electrons. The Morgan fingerprint density at radius 1 is 1.08 bits per heavy atom. The first-order chi connectivity index (χ1) is 11.1. The standard InChI is InChI=1S/C15H10ClF5N2O/c16-10-5-3-9(4-6-10)14(17,18)8-23-13(24)11-2-1-7-22-12(11)15(19,20)21/h1-7H,8H2,(H,23,24). The van der Waals surface area contributed by atoms with E-state index in [9.17, 15) is 26.7 Å². The number of rotatable bonds is 4. The molecule has 0 radical (unpaired) electrons. The second kappa shape index (κ2) is 6.72. The van der Waals surface area contributed by atoms with Gasteiger partial charge in [-0.3, -0.25) is 9.78 Å². The van der Waals surface area contributed by atoms with E-state index in [0.717, 1.165) is 30.5 Å². The normalized spacial score (nSPS) is 12.1. The molecule has 2 aromatic rings. The van der Waals surface area contributed by atoms with Gasteiger partial charge in [0.05, 0.1) is 12.1 Å². The second-order valence-corrected chi connectivity index (χ2v) is 5.23. The molecule has 0 spiro atoms. The minimum Gasteiger partial charge on any atom is -0.346 e. The van der Waals surface area contributed by atoms with Gasteiger partial charge in [-0.2, -0.15) is 22.0 Å². The summed E-state index contributed by atoms with van der Waals surface area (Å²) in [5.41, 5.74) is -2.68. The first-order valence-electron chi connectivity index (χ1n) is 6.55. The van der Waals surface area contributed by atoms with Crippen LogP contribution in [0, 0.1) is 0 Å². The van der Waals surface area contributed by atoms with Gasteiger partial charge in [0.1, 0.15) is 0 Å². The molecule has 3 nitrogen and oxygen atoms in total. The van der Waals surface area contributed by atoms with Gasteiger partial charge in [-0.15, -0.1) is 0 Å². The predicted octanol–water partition coefficient (Wildman–Crippen LogP) is 4.28. The third-order valence-corrected chi connectivity index (χ3v) is 3.31. The van der Waals surface area contributed by atoms with Gasteiger partial charge in [0.25, 0.3) is 11.8 Å². The zero-order valence-electron chi connectivity index (χ0n) is 11.9. The lowest BCUT2D eigenvalue weighted by molar-refractivity contribution is -0.141. The number of pyridine rings is 1. The summed E-state index contributed by atoms with van der Waals surface area (Å²) in [6.45, 7) is -1.17. The van der Waals surface area contributed by atoms with Crippen LogP contribution in [0.4, 0.5) is 22.0 Å². The highest BCUT2D eigenvalue weighted by atomic mass is 35.5. The molecule has 0 atom stereocenters. The highest BCUT2D eigenvalue weighted by molar-refractivity contribution is 6.30. The van der Waals surface area contributed by atoms with Crippen LogP contribution in [0.5, 0.6) is 0 Å². The zero-order chi connectivity index (χ0) is 18.0. The molecular formula is C15H10ClF5N2O. The minimum absolute atomic E-state index is 0.253. The van der Waals surface area contributed by atoms with Gasteiger partial charge in [0, 0.05) is 16.8 Å². The average Bonchev–Trinajstić information content (AvgIpc) is 2.52. The fourth-order valence-corrected chi connectivity index (χ4v) is 2.02. The zero-order valence-corrected chi connectivity index (χ0v) is 12.6. The van der Waals surface area contributed by atoms with E-state index in [1.165, 1.54) is 12.1 Å². The molecule has 0 aliphatic rings. The van der Waals surface area contributed by atoms with E-state index in [1.54, 1.807) is 5.32 Å². The maximum atomic E-state index is 14.0. The summed E-state index contributed by atoms with van der Waals surface area (Å²) in [5.74, 6) is -4.76. The quantitative estimate of drug-likeness (QED) is 0.823. The lowest BCUT2D eigenvalue weighted by atomic mass is 10.1. The van der Waals surface area contributed by atoms with Gasteiger partial charge in [0.2, 0.25) is 0 Å². The number of amides is 1. The van der Waals surface area contributed by atoms with Crippen molar-refractivity contribution in [2.75, 3.05) is 6.54 Å². The maximum Gasteiger partial charge on any atom is 0.434 e. The number of carbonyl (C=O) groups excluding carboxylic acids is 1. The number of benzene rings is 1. The van der Waals surface area contributed by atoms with Crippen LogP contribution in [0.3, 0.4) is 0 Å². The Balaban J connectivity index is 2.15. The number of aromatic nitrogens is 1. The Labute approximate surface area is 138 Å². The van der Waals surface area contributed by atoms with Gasteiger partial charge in [-0.1, -0.05) is 23.7 Å². The molecule has 1 amide bonds. The van der Waals surface area contributed by atoms with E-state index < -0.39 is 41.4 Å². The summed E-state index contributed by atoms with van der Waals surface area (Å²) in [5, 5.41) is 2.06. The van der Waals surface area contributed by atoms with Gasteiger partial charge >= 0.3 is 6.18 Å². The monoisotopic (exact) mass is 364 g/mol. The largest absolute Gasteiger partial charge is 0.434 e. The lowest BCUT2D eigenvalue weighted by Gasteiger charge is -2.18. The van der Waals surface area contributed by atoms with Crippen molar-refractivity contribution in [3.8, 4) is 0 Å². The number of alkyl halides is 5. The molecule has 2 rings (SSSR count). The van der Waals surface area contributed by atoms with Crippen LogP contribution in [0.1, 0.15) is 21.6 Å². The number of halogens is 6. The molecule has 1 aromatic carbocycles. The fourth-order valence-electron chi connectivity index (χ4n) is 1.90. The van der Waals surface area contributed by atoms with Gasteiger partial charge < -0.3 is 5.32 Å². The Kier molecular flexibility index (Phi) is 5.08. The van der Waals surface area contributed by atoms with E-state index >= 15 is 0 Å². The lowest BCUT2D eigenvalue weighted by Crippen LogP contribution is -2.36. The fraction of sp³-hybridized carbons (Fsp3) is 0.200. The second-order valence-electron chi connectivity index (χ2n) is 4.79. The topological polar surface area (TPSA) is 42.0 Å². The summed E-state index contributed by atoms with van der Waals surface area (Å²) in [6.07, 6.45) is -4.01. The van der Waals surface area contributed by atoms with Gasteiger partial charge in [-0.05, 0) is 24.3 Å². The van der Waals surface area contributed by atoms with E-state index in [1.807, 2.05) is 0 Å². The molecule has 1 N–H and O–H groups in total. The van der Waals surface area contributed by atoms with Crippen molar-refractivity contribution in [3.63, 3.8) is 0 Å². The Bertz CT molecular complexity index is 731. The maximum absolute atomic E-state index is 14.0. The van der Waals surface area contributed by atoms with Crippen molar-refractivity contribution < 1.29 is 26.7 Å². The van der Waals surface area contributed by atoms with Crippen LogP contribution < -0.4 is 5.32 Å². The minimum atomic E-state index is -4.87. The van der Waals surface area contributed by atoms with Gasteiger partial charge in [0.15, 0.2) is 5.69 Å². The number of hydrogen-bond donors (Lipinski definition) is 1. The summed E-state index contributed by atoms with van der Waals surface area (Å²) >= 11 is 5.60. The molecule has 0 saturated carbocycles. The molecule has 0 bridgehead atoms. The Hall–Kier alpha value is -2.22. The number of nitrogens with zero attached hydrogens (tertiary/aromatic N) is 1. The summed E-state index contributed by atoms with van der Waals surface area (Å²) in [4.78, 5) is 14.9. The van der Waals surface area contributed by atoms with Crippen molar-refractivity contribution in [1.82, 2.24) is 10.3 Å². The SMILES string of the molecule is O=C(NCC(F)(F)c1ccc(Cl)cc1)c1cccnc1C(F)(F)F. The average molecular weight is 365 g/mol. The summed E-state index contributed by atoms with van der Waals surface area (Å²) < 4.78 is 66.4. The van der Waals surface area contributed by atoms with Crippen molar-refractivity contribution in [1.29, 1.82) is 0 Å². The van der Waals surface area contributed by atoms with E-state index in [-0.39, 0.29) is 5.02 Å². The van der Waals surface area contributed by atoms with Crippen LogP contribution in [0.25, 0.3) is 0 Å². The molecule has 0 saturated heterocycles. The Morgan fingerprint density at radius 2 is 1.71 bits per heavy atom. The highest BCUT2D eigenvalue weighted by Crippen LogP contribution is 2.31. The van der Waals surface area contributed by atoms with Crippen molar-refractivity contribution >= 4 is 17.5 Å². The molecule has 0 unspecified atom stereocenters. The van der Waals surface area contributed by atoms with Crippen molar-refractivity contribution in [3.05, 3.63) is 64.4 Å². The van der Waals surface area contributed by atoms with E-state index in [2.05, 4.69) is 4.98 Å². The summed E-state index contributed by atoms with van der Waals surface area (Å²) in [6, 6.07) is 6.61. The predicted molar refractivity (Wildman–Crippen MR) is 76.9 cm³/mol. The number of carbonyl (C=O) groups is 1. The molecule has 1 aromatic heterocycles. The first-order valence-corrected chi connectivity index (χ1v) is 6.93. The van der Waals surface area contributed by atoms with Crippen LogP contribution >= 0.6 is 11.6 Å². The van der Waals surface area contributed by atoms with Crippen LogP contribution in [0.15, 0.2) is 42.6 Å². The highest BCUT2D eigenvalue weighted by Gasteiger charge is 2.38. The third-order valence-electron chi connectivity index (χ3n) is 3.06. The van der Waals surface area contributed by atoms with Crippen LogP contribution in [0.2, 0.25) is 5.02 Å². The molecular weight excluding hydrogens is 355 g/mol. The van der Waals surface area contributed by atoms with Crippen molar-refractivity contribution in [2.24, 2.45) is 0 Å². The van der Waals surface area contributed by atoms with E-state index in [0.29, 0.717) is 0 Å². The molecule has 0 aliphatic carbocycles. The number of hydrogen-bond acceptors (Lipinski definition) is 2. The molecule has 1 heterocycles. The van der Waals surface area contributed by atoms with E-state index in [4.69, 9.17) is 11.6 Å². The van der Waals surface area contributed by atoms with Crippen molar-refractivity contribution in [2.45, 2.75) is 12.1 Å². The third kappa shape index (κ3) is 4.19. The Morgan fingerprint density at radius 3 is 2.29 bits per heavy atom. The molecule has 0 fully saturated rings. The first kappa shape index (κ1) is 18.1. The number of nitrogens with one attached hydrogen (secondary N) is 1. The van der Waals surface area contributed by atoms with Crippen LogP contribution in [-0.2, 0) is 12.1 Å². The molecule has 24 heavy (non-hydrogen) atoms.